The van der Waals surface area contributed by atoms with Crippen LogP contribution in [0, 0.1) is 0 Å². The van der Waals surface area contributed by atoms with Gasteiger partial charge in [-0.1, -0.05) is 0 Å². The van der Waals surface area contributed by atoms with Crippen molar-refractivity contribution in [1.29, 1.82) is 0 Å². The Balaban J connectivity index is -0.00000112. The predicted octanol–water partition coefficient (Wildman–Crippen LogP) is -10.5. The molecule has 4 N–H and O–H groups in total. The standard InChI is InChI=1S/C6H13O9P.2Na/c7-1-3(8)5(10)6(11)4(9)2-15-16(12,13)14;;/h4-7,9-11H,1-2H2,(H2,12,13,14);;/q;2*+1/p-2. The van der Waals surface area contributed by atoms with E-state index in [1.807, 2.05) is 0 Å². The van der Waals surface area contributed by atoms with E-state index in [0.29, 0.717) is 0 Å². The second-order valence-electron chi connectivity index (χ2n) is 2.87. The van der Waals surface area contributed by atoms with Crippen molar-refractivity contribution in [2.24, 2.45) is 0 Å². The summed E-state index contributed by atoms with van der Waals surface area (Å²) in [6.45, 7) is -2.16. The predicted molar refractivity (Wildman–Crippen MR) is 43.7 cm³/mol. The van der Waals surface area contributed by atoms with Crippen LogP contribution in [0.25, 0.3) is 0 Å². The number of carbonyl (C=O) groups excluding carboxylic acids is 1. The second-order valence-corrected chi connectivity index (χ2v) is 4.02. The van der Waals surface area contributed by atoms with Crippen LogP contribution in [0.2, 0.25) is 0 Å². The number of aliphatic hydroxyl groups excluding tert-OH is 4. The normalized spacial score (nSPS) is 15.9. The summed E-state index contributed by atoms with van der Waals surface area (Å²) in [5.74, 6) is -1.17. The van der Waals surface area contributed by atoms with Gasteiger partial charge in [-0.3, -0.25) is 4.79 Å². The van der Waals surface area contributed by atoms with Gasteiger partial charge in [0.15, 0.2) is 5.78 Å². The zero-order valence-corrected chi connectivity index (χ0v) is 14.8. The molecule has 0 aromatic heterocycles. The second kappa shape index (κ2) is 11.3. The first-order valence-electron chi connectivity index (χ1n) is 4.03. The fraction of sp³-hybridized carbons (Fsp3) is 0.833. The number of phosphoric acid groups is 1. The Kier molecular flexibility index (Phi) is 15.5. The van der Waals surface area contributed by atoms with Crippen LogP contribution in [0.5, 0.6) is 0 Å². The molecule has 0 rings (SSSR count). The van der Waals surface area contributed by atoms with E-state index in [9.17, 15) is 19.1 Å². The first kappa shape index (κ1) is 24.6. The molecule has 96 valence electrons. The van der Waals surface area contributed by atoms with E-state index < -0.39 is 45.1 Å². The van der Waals surface area contributed by atoms with Crippen LogP contribution in [0.4, 0.5) is 0 Å². The van der Waals surface area contributed by atoms with Crippen molar-refractivity contribution in [3.63, 3.8) is 0 Å². The number of rotatable bonds is 7. The van der Waals surface area contributed by atoms with Gasteiger partial charge in [0.05, 0.1) is 14.4 Å². The van der Waals surface area contributed by atoms with Crippen molar-refractivity contribution in [1.82, 2.24) is 0 Å². The van der Waals surface area contributed by atoms with Gasteiger partial charge in [0.2, 0.25) is 0 Å². The van der Waals surface area contributed by atoms with Crippen molar-refractivity contribution < 1.29 is 103 Å². The summed E-state index contributed by atoms with van der Waals surface area (Å²) in [5, 5.41) is 35.4. The number of ketones is 1. The largest absolute Gasteiger partial charge is 1.00 e. The average molecular weight is 304 g/mol. The van der Waals surface area contributed by atoms with Crippen molar-refractivity contribution >= 4 is 13.6 Å². The van der Waals surface area contributed by atoms with Gasteiger partial charge in [-0.15, -0.1) is 0 Å². The molecule has 0 fully saturated rings. The molecule has 0 aliphatic heterocycles. The number of carbonyl (C=O) groups is 1. The smallest absolute Gasteiger partial charge is 0.790 e. The van der Waals surface area contributed by atoms with Crippen molar-refractivity contribution in [2.45, 2.75) is 18.3 Å². The molecule has 0 aliphatic carbocycles. The molecule has 9 nitrogen and oxygen atoms in total. The van der Waals surface area contributed by atoms with Gasteiger partial charge in [0.1, 0.15) is 24.9 Å². The summed E-state index contributed by atoms with van der Waals surface area (Å²) < 4.78 is 13.6. The topological polar surface area (TPSA) is 170 Å². The molecule has 3 unspecified atom stereocenters. The molecule has 0 radical (unpaired) electrons. The fourth-order valence-corrected chi connectivity index (χ4v) is 1.10. The minimum absolute atomic E-state index is 0. The first-order valence-corrected chi connectivity index (χ1v) is 5.49. The summed E-state index contributed by atoms with van der Waals surface area (Å²) in [6.07, 6.45) is -6.12. The molecule has 12 heteroatoms. The molecular weight excluding hydrogens is 293 g/mol. The third-order valence-corrected chi connectivity index (χ3v) is 2.07. The Bertz CT molecular complexity index is 282. The summed E-state index contributed by atoms with van der Waals surface area (Å²) in [5.41, 5.74) is 0. The summed E-state index contributed by atoms with van der Waals surface area (Å²) in [6, 6.07) is 0. The van der Waals surface area contributed by atoms with Crippen LogP contribution in [-0.4, -0.2) is 57.7 Å². The van der Waals surface area contributed by atoms with Gasteiger partial charge in [-0.05, 0) is 0 Å². The van der Waals surface area contributed by atoms with Crippen LogP contribution in [-0.2, 0) is 13.9 Å². The SMILES string of the molecule is O=C(CO)C(O)C(O)C(O)COP(=O)([O-])[O-].[Na+].[Na+]. The number of aliphatic hydroxyl groups is 4. The first-order chi connectivity index (χ1) is 7.19. The Morgan fingerprint density at radius 1 is 1.22 bits per heavy atom. The van der Waals surface area contributed by atoms with Gasteiger partial charge in [0.25, 0.3) is 0 Å². The van der Waals surface area contributed by atoms with E-state index in [0.717, 1.165) is 0 Å². The van der Waals surface area contributed by atoms with Gasteiger partial charge in [-0.2, -0.15) is 0 Å². The molecule has 0 saturated carbocycles. The van der Waals surface area contributed by atoms with Crippen LogP contribution in [0.1, 0.15) is 0 Å². The molecule has 0 saturated heterocycles. The third kappa shape index (κ3) is 10.4. The molecule has 0 aromatic rings. The fourth-order valence-electron chi connectivity index (χ4n) is 0.761. The van der Waals surface area contributed by atoms with Crippen LogP contribution in [0.15, 0.2) is 0 Å². The van der Waals surface area contributed by atoms with Gasteiger partial charge < -0.3 is 39.3 Å². The van der Waals surface area contributed by atoms with Crippen LogP contribution >= 0.6 is 7.82 Å². The van der Waals surface area contributed by atoms with E-state index in [1.54, 1.807) is 0 Å². The van der Waals surface area contributed by atoms with Crippen LogP contribution < -0.4 is 68.9 Å². The van der Waals surface area contributed by atoms with E-state index >= 15 is 0 Å². The maximum Gasteiger partial charge on any atom is 1.00 e. The third-order valence-electron chi connectivity index (χ3n) is 1.61. The Morgan fingerprint density at radius 3 is 2.00 bits per heavy atom. The summed E-state index contributed by atoms with van der Waals surface area (Å²) in [7, 11) is -5.31. The Morgan fingerprint density at radius 2 is 1.67 bits per heavy atom. The van der Waals surface area contributed by atoms with Gasteiger partial charge in [0, 0.05) is 0 Å². The monoisotopic (exact) mass is 304 g/mol. The zero-order chi connectivity index (χ0) is 12.9. The summed E-state index contributed by atoms with van der Waals surface area (Å²) in [4.78, 5) is 30.7. The molecule has 0 heterocycles. The molecule has 18 heavy (non-hydrogen) atoms. The van der Waals surface area contributed by atoms with E-state index in [-0.39, 0.29) is 59.1 Å². The number of hydrogen-bond acceptors (Lipinski definition) is 9. The molecule has 0 spiro atoms. The average Bonchev–Trinajstić information content (AvgIpc) is 2.21. The molecule has 0 aliphatic rings. The maximum absolute atomic E-state index is 10.7. The quantitative estimate of drug-likeness (QED) is 0.263. The number of hydrogen-bond donors (Lipinski definition) is 4. The van der Waals surface area contributed by atoms with Gasteiger partial charge in [-0.25, -0.2) is 0 Å². The Labute approximate surface area is 147 Å². The summed E-state index contributed by atoms with van der Waals surface area (Å²) >= 11 is 0. The molecular formula is C6H11Na2O9P. The van der Waals surface area contributed by atoms with Crippen molar-refractivity contribution in [3.8, 4) is 0 Å². The number of Topliss-reactive ketones (excluding diaryl/α,β-unsaturated/α-hetero) is 1. The minimum atomic E-state index is -5.31. The molecule has 0 aromatic carbocycles. The zero-order valence-electron chi connectivity index (χ0n) is 9.92. The van der Waals surface area contributed by atoms with Crippen LogP contribution in [0.3, 0.4) is 0 Å². The minimum Gasteiger partial charge on any atom is -0.790 e. The Hall–Kier alpha value is 1.62. The van der Waals surface area contributed by atoms with Crippen molar-refractivity contribution in [2.75, 3.05) is 13.2 Å². The van der Waals surface area contributed by atoms with E-state index in [4.69, 9.17) is 20.4 Å². The van der Waals surface area contributed by atoms with E-state index in [1.165, 1.54) is 0 Å². The number of phosphoric ester groups is 1. The van der Waals surface area contributed by atoms with E-state index in [2.05, 4.69) is 4.52 Å². The maximum atomic E-state index is 10.7. The van der Waals surface area contributed by atoms with Crippen molar-refractivity contribution in [3.05, 3.63) is 0 Å². The molecule has 0 amide bonds. The van der Waals surface area contributed by atoms with Gasteiger partial charge >= 0.3 is 59.1 Å². The molecule has 0 bridgehead atoms. The molecule has 3 atom stereocenters.